The van der Waals surface area contributed by atoms with Crippen LogP contribution in [-0.2, 0) is 0 Å². The Morgan fingerprint density at radius 3 is 2.71 bits per heavy atom. The van der Waals surface area contributed by atoms with E-state index in [9.17, 15) is 0 Å². The molecule has 3 rings (SSSR count). The van der Waals surface area contributed by atoms with E-state index in [1.165, 1.54) is 58.2 Å². The summed E-state index contributed by atoms with van der Waals surface area (Å²) in [6.07, 6.45) is 8.73. The van der Waals surface area contributed by atoms with Crippen LogP contribution in [0, 0.1) is 5.92 Å². The molecule has 2 saturated heterocycles. The maximum atomic E-state index is 2.85. The van der Waals surface area contributed by atoms with Crippen LogP contribution in [0.2, 0.25) is 0 Å². The minimum absolute atomic E-state index is 0.785. The zero-order valence-corrected chi connectivity index (χ0v) is 11.6. The Kier molecular flexibility index (Phi) is 3.45. The minimum atomic E-state index is 0.785. The second-order valence-electron chi connectivity index (χ2n) is 6.58. The highest BCUT2D eigenvalue weighted by molar-refractivity contribution is 4.94. The summed E-state index contributed by atoms with van der Waals surface area (Å²) in [5, 5.41) is 0. The molecule has 0 bridgehead atoms. The van der Waals surface area contributed by atoms with Crippen LogP contribution in [-0.4, -0.2) is 47.6 Å². The summed E-state index contributed by atoms with van der Waals surface area (Å²) in [7, 11) is 0. The normalized spacial score (nSPS) is 37.1. The number of hydrogen-bond acceptors (Lipinski definition) is 2. The van der Waals surface area contributed by atoms with Crippen molar-refractivity contribution in [2.45, 2.75) is 70.5 Å². The maximum absolute atomic E-state index is 2.85. The van der Waals surface area contributed by atoms with E-state index in [4.69, 9.17) is 0 Å². The Balaban J connectivity index is 1.63. The SMILES string of the molecule is CCC(CC1CC1)N1CC2CCCN2CC1C. The summed E-state index contributed by atoms with van der Waals surface area (Å²) < 4.78 is 0. The third-order valence-electron chi connectivity index (χ3n) is 5.23. The number of fused-ring (bicyclic) bond motifs is 1. The van der Waals surface area contributed by atoms with E-state index < -0.39 is 0 Å². The molecule has 0 aromatic heterocycles. The monoisotopic (exact) mass is 236 g/mol. The van der Waals surface area contributed by atoms with Gasteiger partial charge in [-0.15, -0.1) is 0 Å². The first kappa shape index (κ1) is 12.0. The fourth-order valence-electron chi connectivity index (χ4n) is 3.99. The molecule has 0 N–H and O–H groups in total. The molecule has 0 spiro atoms. The first-order chi connectivity index (χ1) is 8.28. The van der Waals surface area contributed by atoms with Crippen molar-refractivity contribution in [1.82, 2.24) is 9.80 Å². The van der Waals surface area contributed by atoms with Crippen LogP contribution in [0.3, 0.4) is 0 Å². The summed E-state index contributed by atoms with van der Waals surface area (Å²) in [4.78, 5) is 5.59. The first-order valence-corrected chi connectivity index (χ1v) is 7.77. The lowest BCUT2D eigenvalue weighted by Crippen LogP contribution is -2.58. The molecule has 2 heteroatoms. The molecule has 17 heavy (non-hydrogen) atoms. The Labute approximate surface area is 106 Å². The van der Waals surface area contributed by atoms with Crippen LogP contribution >= 0.6 is 0 Å². The molecule has 3 fully saturated rings. The van der Waals surface area contributed by atoms with Gasteiger partial charge in [-0.1, -0.05) is 19.8 Å². The smallest absolute Gasteiger partial charge is 0.0224 e. The molecule has 0 aromatic carbocycles. The molecule has 0 radical (unpaired) electrons. The van der Waals surface area contributed by atoms with Gasteiger partial charge < -0.3 is 0 Å². The highest BCUT2D eigenvalue weighted by Gasteiger charge is 2.38. The van der Waals surface area contributed by atoms with Gasteiger partial charge in [0, 0.05) is 31.2 Å². The average Bonchev–Trinajstić information content (AvgIpc) is 3.03. The largest absolute Gasteiger partial charge is 0.298 e. The second kappa shape index (κ2) is 4.89. The fraction of sp³-hybridized carbons (Fsp3) is 1.00. The van der Waals surface area contributed by atoms with Gasteiger partial charge in [-0.3, -0.25) is 9.80 Å². The predicted molar refractivity (Wildman–Crippen MR) is 72.2 cm³/mol. The van der Waals surface area contributed by atoms with Crippen molar-refractivity contribution in [2.24, 2.45) is 5.92 Å². The average molecular weight is 236 g/mol. The Morgan fingerprint density at radius 2 is 2.00 bits per heavy atom. The highest BCUT2D eigenvalue weighted by atomic mass is 15.3. The van der Waals surface area contributed by atoms with Crippen LogP contribution in [0.1, 0.15) is 52.4 Å². The van der Waals surface area contributed by atoms with E-state index >= 15 is 0 Å². The van der Waals surface area contributed by atoms with Crippen molar-refractivity contribution >= 4 is 0 Å². The van der Waals surface area contributed by atoms with Crippen molar-refractivity contribution < 1.29 is 0 Å². The number of rotatable bonds is 4. The van der Waals surface area contributed by atoms with Gasteiger partial charge >= 0.3 is 0 Å². The Morgan fingerprint density at radius 1 is 1.18 bits per heavy atom. The zero-order chi connectivity index (χ0) is 11.8. The number of nitrogens with zero attached hydrogens (tertiary/aromatic N) is 2. The summed E-state index contributed by atoms with van der Waals surface area (Å²) in [6, 6.07) is 2.55. The van der Waals surface area contributed by atoms with Crippen LogP contribution in [0.15, 0.2) is 0 Å². The standard InChI is InChI=1S/C15H28N2/c1-3-14(9-13-6-7-13)17-11-15-5-4-8-16(15)10-12(17)2/h12-15H,3-11H2,1-2H3. The van der Waals surface area contributed by atoms with E-state index in [2.05, 4.69) is 23.6 Å². The Bertz CT molecular complexity index is 262. The van der Waals surface area contributed by atoms with Gasteiger partial charge in [0.2, 0.25) is 0 Å². The van der Waals surface area contributed by atoms with E-state index in [-0.39, 0.29) is 0 Å². The molecule has 2 heterocycles. The quantitative estimate of drug-likeness (QED) is 0.740. The summed E-state index contributed by atoms with van der Waals surface area (Å²) >= 11 is 0. The summed E-state index contributed by atoms with van der Waals surface area (Å²) in [6.45, 7) is 8.88. The molecule has 2 aliphatic heterocycles. The third-order valence-corrected chi connectivity index (χ3v) is 5.23. The van der Waals surface area contributed by atoms with Gasteiger partial charge in [0.1, 0.15) is 0 Å². The van der Waals surface area contributed by atoms with Crippen molar-refractivity contribution in [3.05, 3.63) is 0 Å². The van der Waals surface area contributed by atoms with E-state index in [0.717, 1.165) is 24.0 Å². The van der Waals surface area contributed by atoms with Crippen molar-refractivity contribution in [3.63, 3.8) is 0 Å². The van der Waals surface area contributed by atoms with Gasteiger partial charge in [0.05, 0.1) is 0 Å². The molecule has 3 atom stereocenters. The minimum Gasteiger partial charge on any atom is -0.298 e. The molecule has 0 aromatic rings. The molecule has 2 nitrogen and oxygen atoms in total. The van der Waals surface area contributed by atoms with Crippen molar-refractivity contribution in [1.29, 1.82) is 0 Å². The van der Waals surface area contributed by atoms with E-state index in [1.54, 1.807) is 0 Å². The molecular weight excluding hydrogens is 208 g/mol. The molecule has 0 amide bonds. The predicted octanol–water partition coefficient (Wildman–Crippen LogP) is 2.73. The van der Waals surface area contributed by atoms with Gasteiger partial charge in [-0.05, 0) is 45.1 Å². The van der Waals surface area contributed by atoms with Crippen LogP contribution in [0.5, 0.6) is 0 Å². The van der Waals surface area contributed by atoms with Gasteiger partial charge in [0.25, 0.3) is 0 Å². The maximum Gasteiger partial charge on any atom is 0.0224 e. The van der Waals surface area contributed by atoms with Crippen molar-refractivity contribution in [2.75, 3.05) is 19.6 Å². The van der Waals surface area contributed by atoms with Gasteiger partial charge in [-0.2, -0.15) is 0 Å². The molecule has 3 unspecified atom stereocenters. The number of hydrogen-bond donors (Lipinski definition) is 0. The van der Waals surface area contributed by atoms with Crippen LogP contribution < -0.4 is 0 Å². The van der Waals surface area contributed by atoms with Crippen molar-refractivity contribution in [3.8, 4) is 0 Å². The lowest BCUT2D eigenvalue weighted by molar-refractivity contribution is 0.0221. The van der Waals surface area contributed by atoms with Crippen LogP contribution in [0.4, 0.5) is 0 Å². The fourth-order valence-corrected chi connectivity index (χ4v) is 3.99. The topological polar surface area (TPSA) is 6.48 Å². The third kappa shape index (κ3) is 2.53. The molecule has 1 aliphatic carbocycles. The van der Waals surface area contributed by atoms with Gasteiger partial charge in [-0.25, -0.2) is 0 Å². The molecular formula is C15H28N2. The first-order valence-electron chi connectivity index (χ1n) is 7.77. The molecule has 3 aliphatic rings. The highest BCUT2D eigenvalue weighted by Crippen LogP contribution is 2.37. The summed E-state index contributed by atoms with van der Waals surface area (Å²) in [5.74, 6) is 1.08. The second-order valence-corrected chi connectivity index (χ2v) is 6.58. The van der Waals surface area contributed by atoms with E-state index in [0.29, 0.717) is 0 Å². The zero-order valence-electron chi connectivity index (χ0n) is 11.6. The lowest BCUT2D eigenvalue weighted by Gasteiger charge is -2.46. The van der Waals surface area contributed by atoms with E-state index in [1.807, 2.05) is 0 Å². The van der Waals surface area contributed by atoms with Gasteiger partial charge in [0.15, 0.2) is 0 Å². The molecule has 1 saturated carbocycles. The van der Waals surface area contributed by atoms with Crippen LogP contribution in [0.25, 0.3) is 0 Å². The lowest BCUT2D eigenvalue weighted by atomic mass is 9.99. The number of piperazine rings is 1. The summed E-state index contributed by atoms with van der Waals surface area (Å²) in [5.41, 5.74) is 0. The Hall–Kier alpha value is -0.0800. The molecule has 98 valence electrons.